The molecule has 0 unspecified atom stereocenters. The minimum atomic E-state index is -0.943. The monoisotopic (exact) mass is 638 g/mol. The number of quaternary nitrogens is 1. The SMILES string of the molecule is CCCCC(=O)[O-].CCCCCCCCCCCCCCCCCCC([NH3+])CCCCCCCCCCCCCCCCCC. The third kappa shape index (κ3) is 47.9. The van der Waals surface area contributed by atoms with Crippen LogP contribution in [0.2, 0.25) is 0 Å². The van der Waals surface area contributed by atoms with Crippen molar-refractivity contribution in [3.05, 3.63) is 0 Å². The number of carboxylic acid groups (broad SMARTS) is 1. The van der Waals surface area contributed by atoms with E-state index in [4.69, 9.17) is 0 Å². The second kappa shape index (κ2) is 43.4. The van der Waals surface area contributed by atoms with Crippen LogP contribution >= 0.6 is 0 Å². The number of unbranched alkanes of at least 4 members (excludes halogenated alkanes) is 31. The van der Waals surface area contributed by atoms with E-state index >= 15 is 0 Å². The van der Waals surface area contributed by atoms with Crippen LogP contribution in [0, 0.1) is 0 Å². The molecule has 0 aromatic carbocycles. The lowest BCUT2D eigenvalue weighted by Crippen LogP contribution is -2.60. The van der Waals surface area contributed by atoms with Crippen molar-refractivity contribution in [3.8, 4) is 0 Å². The van der Waals surface area contributed by atoms with Gasteiger partial charge in [0.2, 0.25) is 0 Å². The molecule has 0 aliphatic carbocycles. The highest BCUT2D eigenvalue weighted by Crippen LogP contribution is 2.16. The van der Waals surface area contributed by atoms with Gasteiger partial charge in [0, 0.05) is 5.97 Å². The Balaban J connectivity index is 0. The fraction of sp³-hybridized carbons (Fsp3) is 0.976. The molecule has 0 atom stereocenters. The van der Waals surface area contributed by atoms with Crippen molar-refractivity contribution in [1.82, 2.24) is 0 Å². The van der Waals surface area contributed by atoms with E-state index in [1.54, 1.807) is 0 Å². The predicted molar refractivity (Wildman–Crippen MR) is 200 cm³/mol. The maximum atomic E-state index is 9.65. The fourth-order valence-electron chi connectivity index (χ4n) is 6.43. The van der Waals surface area contributed by atoms with Crippen LogP contribution in [0.5, 0.6) is 0 Å². The summed E-state index contributed by atoms with van der Waals surface area (Å²) in [7, 11) is 0. The van der Waals surface area contributed by atoms with Crippen molar-refractivity contribution in [2.45, 2.75) is 264 Å². The van der Waals surface area contributed by atoms with E-state index in [9.17, 15) is 9.90 Å². The molecular formula is C42H87NO2. The normalized spacial score (nSPS) is 11.2. The van der Waals surface area contributed by atoms with Crippen molar-refractivity contribution in [2.75, 3.05) is 0 Å². The zero-order valence-electron chi connectivity index (χ0n) is 31.8. The summed E-state index contributed by atoms with van der Waals surface area (Å²) in [5.74, 6) is -0.943. The van der Waals surface area contributed by atoms with E-state index < -0.39 is 5.97 Å². The first-order chi connectivity index (χ1) is 22.1. The number of aliphatic carboxylic acids is 1. The zero-order valence-corrected chi connectivity index (χ0v) is 31.8. The molecule has 0 saturated carbocycles. The van der Waals surface area contributed by atoms with E-state index in [2.05, 4.69) is 19.6 Å². The summed E-state index contributed by atoms with van der Waals surface area (Å²) in [4.78, 5) is 9.65. The Kier molecular flexibility index (Phi) is 44.9. The summed E-state index contributed by atoms with van der Waals surface area (Å²) in [6.45, 7) is 6.56. The third-order valence-electron chi connectivity index (χ3n) is 9.67. The van der Waals surface area contributed by atoms with Crippen LogP contribution in [0.25, 0.3) is 0 Å². The molecule has 3 N–H and O–H groups in total. The molecule has 0 amide bonds. The Morgan fingerprint density at radius 2 is 0.578 bits per heavy atom. The molecule has 0 saturated heterocycles. The highest BCUT2D eigenvalue weighted by atomic mass is 16.4. The van der Waals surface area contributed by atoms with Gasteiger partial charge in [-0.15, -0.1) is 0 Å². The molecule has 272 valence electrons. The largest absolute Gasteiger partial charge is 0.550 e. The van der Waals surface area contributed by atoms with Gasteiger partial charge in [0.25, 0.3) is 0 Å². The number of carboxylic acids is 1. The number of carbonyl (C=O) groups excluding carboxylic acids is 1. The Morgan fingerprint density at radius 1 is 0.378 bits per heavy atom. The minimum Gasteiger partial charge on any atom is -0.550 e. The van der Waals surface area contributed by atoms with Crippen LogP contribution < -0.4 is 10.8 Å². The van der Waals surface area contributed by atoms with Crippen LogP contribution in [0.3, 0.4) is 0 Å². The van der Waals surface area contributed by atoms with Gasteiger partial charge in [-0.3, -0.25) is 0 Å². The Hall–Kier alpha value is -0.570. The molecule has 0 spiro atoms. The van der Waals surface area contributed by atoms with Gasteiger partial charge < -0.3 is 15.6 Å². The van der Waals surface area contributed by atoms with E-state index in [0.717, 1.165) is 12.8 Å². The van der Waals surface area contributed by atoms with E-state index in [1.165, 1.54) is 218 Å². The van der Waals surface area contributed by atoms with Gasteiger partial charge in [-0.05, 0) is 38.5 Å². The van der Waals surface area contributed by atoms with Crippen molar-refractivity contribution >= 4 is 5.97 Å². The molecule has 0 aromatic rings. The molecule has 0 aromatic heterocycles. The Morgan fingerprint density at radius 3 is 0.756 bits per heavy atom. The summed E-state index contributed by atoms with van der Waals surface area (Å²) in [6.07, 6.45) is 51.4. The van der Waals surface area contributed by atoms with Gasteiger partial charge in [-0.25, -0.2) is 0 Å². The van der Waals surface area contributed by atoms with Crippen molar-refractivity contribution in [3.63, 3.8) is 0 Å². The van der Waals surface area contributed by atoms with E-state index in [-0.39, 0.29) is 6.42 Å². The maximum absolute atomic E-state index is 9.65. The number of rotatable bonds is 37. The lowest BCUT2D eigenvalue weighted by molar-refractivity contribution is -0.423. The van der Waals surface area contributed by atoms with Gasteiger partial charge in [-0.1, -0.05) is 220 Å². The highest BCUT2D eigenvalue weighted by Gasteiger charge is 2.05. The molecule has 0 aliphatic heterocycles. The molecular weight excluding hydrogens is 550 g/mol. The van der Waals surface area contributed by atoms with E-state index in [1.807, 2.05) is 6.92 Å². The number of hydrogen-bond acceptors (Lipinski definition) is 2. The summed E-state index contributed by atoms with van der Waals surface area (Å²) >= 11 is 0. The first-order valence-corrected chi connectivity index (χ1v) is 21.1. The second-order valence-electron chi connectivity index (χ2n) is 14.5. The average Bonchev–Trinajstić information content (AvgIpc) is 3.03. The molecule has 0 heterocycles. The van der Waals surface area contributed by atoms with Gasteiger partial charge >= 0.3 is 0 Å². The van der Waals surface area contributed by atoms with Crippen molar-refractivity contribution in [1.29, 1.82) is 0 Å². The Labute approximate surface area is 285 Å². The van der Waals surface area contributed by atoms with Crippen LogP contribution in [0.1, 0.15) is 258 Å². The molecule has 0 aliphatic rings. The maximum Gasteiger partial charge on any atom is 0.0843 e. The quantitative estimate of drug-likeness (QED) is 0.0688. The smallest absolute Gasteiger partial charge is 0.0843 e. The molecule has 0 bridgehead atoms. The van der Waals surface area contributed by atoms with Crippen LogP contribution in [-0.4, -0.2) is 12.0 Å². The summed E-state index contributed by atoms with van der Waals surface area (Å²) in [5, 5.41) is 9.65. The molecule has 45 heavy (non-hydrogen) atoms. The fourth-order valence-corrected chi connectivity index (χ4v) is 6.43. The number of carbonyl (C=O) groups is 1. The van der Waals surface area contributed by atoms with Gasteiger partial charge in [-0.2, -0.15) is 0 Å². The van der Waals surface area contributed by atoms with Gasteiger partial charge in [0.1, 0.15) is 0 Å². The van der Waals surface area contributed by atoms with Gasteiger partial charge in [0.05, 0.1) is 6.04 Å². The molecule has 0 radical (unpaired) electrons. The third-order valence-corrected chi connectivity index (χ3v) is 9.67. The lowest BCUT2D eigenvalue weighted by atomic mass is 10.00. The first-order valence-electron chi connectivity index (χ1n) is 21.1. The topological polar surface area (TPSA) is 67.8 Å². The molecule has 0 fully saturated rings. The first kappa shape index (κ1) is 46.5. The van der Waals surface area contributed by atoms with Crippen LogP contribution in [-0.2, 0) is 4.79 Å². The molecule has 0 rings (SSSR count). The van der Waals surface area contributed by atoms with Crippen LogP contribution in [0.4, 0.5) is 0 Å². The van der Waals surface area contributed by atoms with Gasteiger partial charge in [0.15, 0.2) is 0 Å². The standard InChI is InChI=1S/C37H77N.C5H10O2/c1-3-5-7-9-11-13-15-17-19-21-23-25-27-29-31-33-35-37(38)36-34-32-30-28-26-24-22-20-18-16-14-12-10-8-6-4-2;1-2-3-4-5(6)7/h37H,3-36,38H2,1-2H3;2-4H2,1H3,(H,6,7). The predicted octanol–water partition coefficient (Wildman–Crippen LogP) is 12.8. The average molecular weight is 638 g/mol. The lowest BCUT2D eigenvalue weighted by Gasteiger charge is -2.09. The Bertz CT molecular complexity index is 487. The highest BCUT2D eigenvalue weighted by molar-refractivity contribution is 5.63. The van der Waals surface area contributed by atoms with Crippen molar-refractivity contribution in [2.24, 2.45) is 0 Å². The van der Waals surface area contributed by atoms with E-state index in [0.29, 0.717) is 6.04 Å². The number of hydrogen-bond donors (Lipinski definition) is 1. The minimum absolute atomic E-state index is 0.205. The molecule has 3 heteroatoms. The molecule has 3 nitrogen and oxygen atoms in total. The van der Waals surface area contributed by atoms with Crippen molar-refractivity contribution < 1.29 is 15.6 Å². The summed E-state index contributed by atoms with van der Waals surface area (Å²) in [5.41, 5.74) is 4.45. The summed E-state index contributed by atoms with van der Waals surface area (Å²) in [6, 6.07) is 0.716. The zero-order chi connectivity index (χ0) is 33.3. The summed E-state index contributed by atoms with van der Waals surface area (Å²) < 4.78 is 0. The second-order valence-corrected chi connectivity index (χ2v) is 14.5. The van der Waals surface area contributed by atoms with Crippen LogP contribution in [0.15, 0.2) is 0 Å².